The molecule has 0 aliphatic carbocycles. The molecule has 2 unspecified atom stereocenters. The van der Waals surface area contributed by atoms with Gasteiger partial charge >= 0.3 is 23.9 Å². The lowest BCUT2D eigenvalue weighted by molar-refractivity contribution is -0.156. The van der Waals surface area contributed by atoms with E-state index in [4.69, 9.17) is 88.6 Å². The zero-order valence-corrected chi connectivity index (χ0v) is 32.2. The van der Waals surface area contributed by atoms with Gasteiger partial charge in [0.15, 0.2) is 11.5 Å². The number of ether oxygens (including phenoxy) is 4. The van der Waals surface area contributed by atoms with Crippen LogP contribution < -0.4 is 9.47 Å². The molecule has 0 radical (unpaired) electrons. The van der Waals surface area contributed by atoms with E-state index in [2.05, 4.69) is 27.7 Å². The van der Waals surface area contributed by atoms with E-state index in [1.165, 1.54) is 0 Å². The molecule has 14 heteroatoms. The van der Waals surface area contributed by atoms with Gasteiger partial charge in [0.25, 0.3) is 0 Å². The fourth-order valence-electron chi connectivity index (χ4n) is 5.09. The van der Waals surface area contributed by atoms with Gasteiger partial charge in [0.1, 0.15) is 11.1 Å². The molecule has 2 atom stereocenters. The van der Waals surface area contributed by atoms with Gasteiger partial charge in [0.2, 0.25) is 0 Å². The molecule has 0 bridgehead atoms. The molecular weight excluding hydrogens is 749 g/mol. The minimum atomic E-state index is -1.65. The van der Waals surface area contributed by atoms with Crippen molar-refractivity contribution < 1.29 is 38.1 Å². The molecule has 8 nitrogen and oxygen atoms in total. The summed E-state index contributed by atoms with van der Waals surface area (Å²) in [6, 6.07) is 2.25. The van der Waals surface area contributed by atoms with Gasteiger partial charge in [-0.1, -0.05) is 137 Å². The number of carbonyl (C=O) groups is 4. The summed E-state index contributed by atoms with van der Waals surface area (Å²) in [7, 11) is 0. The average molecular weight is 789 g/mol. The number of carbonyl (C=O) groups excluding carboxylic acids is 4. The van der Waals surface area contributed by atoms with Crippen LogP contribution in [0.3, 0.4) is 0 Å². The third-order valence-electron chi connectivity index (χ3n) is 8.00. The maximum atomic E-state index is 13.2. The Morgan fingerprint density at radius 2 is 0.875 bits per heavy atom. The van der Waals surface area contributed by atoms with E-state index in [0.29, 0.717) is 11.8 Å². The van der Waals surface area contributed by atoms with Crippen LogP contribution in [0.1, 0.15) is 101 Å². The number of benzene rings is 2. The maximum Gasteiger partial charge on any atom is 0.423 e. The SMILES string of the molecule is CCC(CC)CC(C)COC(=O)c1c(Cl)c(Cl)cc(Cl)c1OC(=O)C(=O)Oc1c(Cl)cc(Cl)c(Cl)c1C(=O)OCC(C)CC(CC)CC. The maximum absolute atomic E-state index is 13.2. The van der Waals surface area contributed by atoms with Gasteiger partial charge in [-0.3, -0.25) is 0 Å². The molecule has 0 saturated heterocycles. The smallest absolute Gasteiger partial charge is 0.423 e. The summed E-state index contributed by atoms with van der Waals surface area (Å²) in [6.45, 7) is 12.3. The second kappa shape index (κ2) is 20.0. The Morgan fingerprint density at radius 3 is 1.17 bits per heavy atom. The number of hydrogen-bond acceptors (Lipinski definition) is 8. The van der Waals surface area contributed by atoms with E-state index in [1.807, 2.05) is 13.8 Å². The zero-order valence-electron chi connectivity index (χ0n) is 27.7. The molecule has 0 aliphatic rings. The van der Waals surface area contributed by atoms with Gasteiger partial charge in [0.05, 0.1) is 43.3 Å². The first kappa shape index (κ1) is 42.2. The summed E-state index contributed by atoms with van der Waals surface area (Å²) in [5.41, 5.74) is -0.936. The Labute approximate surface area is 311 Å². The molecule has 0 saturated carbocycles. The summed E-state index contributed by atoms with van der Waals surface area (Å²) in [6.07, 6.45) is 5.57. The second-order valence-electron chi connectivity index (χ2n) is 11.7. The number of halogens is 6. The van der Waals surface area contributed by atoms with Gasteiger partial charge in [0, 0.05) is 0 Å². The molecule has 0 fully saturated rings. The van der Waals surface area contributed by atoms with Crippen molar-refractivity contribution in [3.63, 3.8) is 0 Å². The third kappa shape index (κ3) is 11.6. The molecule has 2 aromatic rings. The van der Waals surface area contributed by atoms with E-state index >= 15 is 0 Å². The number of esters is 4. The van der Waals surface area contributed by atoms with Gasteiger partial charge in [-0.05, 0) is 48.6 Å². The molecule has 0 N–H and O–H groups in total. The number of rotatable bonds is 16. The van der Waals surface area contributed by atoms with Crippen molar-refractivity contribution >= 4 is 93.5 Å². The normalized spacial score (nSPS) is 12.5. The Kier molecular flexibility index (Phi) is 17.6. The standard InChI is InChI=1S/C34H40Cl6O8/c1-7-19(8-2)11-17(5)15-45-31(41)25-27(39)21(35)13-23(37)29(25)47-33(43)34(44)48-30-24(38)14-22(36)28(40)26(30)32(42)46-16-18(6)12-20(9-3)10-4/h13-14,17-20H,7-12,15-16H2,1-6H3. The highest BCUT2D eigenvalue weighted by molar-refractivity contribution is 6.47. The van der Waals surface area contributed by atoms with Crippen molar-refractivity contribution in [1.82, 2.24) is 0 Å². The van der Waals surface area contributed by atoms with Gasteiger partial charge in [-0.2, -0.15) is 0 Å². The minimum Gasteiger partial charge on any atom is -0.462 e. The van der Waals surface area contributed by atoms with Crippen molar-refractivity contribution in [2.24, 2.45) is 23.7 Å². The monoisotopic (exact) mass is 786 g/mol. The molecule has 266 valence electrons. The predicted octanol–water partition coefficient (Wildman–Crippen LogP) is 11.4. The van der Waals surface area contributed by atoms with E-state index in [0.717, 1.165) is 50.7 Å². The first-order chi connectivity index (χ1) is 22.6. The van der Waals surface area contributed by atoms with Gasteiger partial charge in [-0.15, -0.1) is 0 Å². The molecule has 0 aromatic heterocycles. The van der Waals surface area contributed by atoms with Crippen molar-refractivity contribution in [3.8, 4) is 11.5 Å². The van der Waals surface area contributed by atoms with Gasteiger partial charge < -0.3 is 18.9 Å². The molecule has 0 heterocycles. The van der Waals surface area contributed by atoms with Crippen LogP contribution in [-0.2, 0) is 19.1 Å². The summed E-state index contributed by atoms with van der Waals surface area (Å²) >= 11 is 37.5. The topological polar surface area (TPSA) is 105 Å². The lowest BCUT2D eigenvalue weighted by Gasteiger charge is -2.19. The highest BCUT2D eigenvalue weighted by Gasteiger charge is 2.32. The van der Waals surface area contributed by atoms with Crippen LogP contribution >= 0.6 is 69.6 Å². The van der Waals surface area contributed by atoms with Crippen LogP contribution in [-0.4, -0.2) is 37.1 Å². The molecule has 0 aliphatic heterocycles. The van der Waals surface area contributed by atoms with Gasteiger partial charge in [-0.25, -0.2) is 19.2 Å². The van der Waals surface area contributed by atoms with Crippen LogP contribution in [0.25, 0.3) is 0 Å². The Morgan fingerprint density at radius 1 is 0.562 bits per heavy atom. The first-order valence-corrected chi connectivity index (χ1v) is 18.0. The van der Waals surface area contributed by atoms with Crippen LogP contribution in [0.4, 0.5) is 0 Å². The van der Waals surface area contributed by atoms with E-state index in [-0.39, 0.29) is 55.2 Å². The quantitative estimate of drug-likeness (QED) is 0.0716. The zero-order chi connectivity index (χ0) is 36.3. The summed E-state index contributed by atoms with van der Waals surface area (Å²) in [4.78, 5) is 52.4. The fraction of sp³-hybridized carbons (Fsp3) is 0.529. The average Bonchev–Trinajstić information content (AvgIpc) is 3.05. The van der Waals surface area contributed by atoms with Crippen molar-refractivity contribution in [2.75, 3.05) is 13.2 Å². The molecular formula is C34H40Cl6O8. The Hall–Kier alpha value is -1.94. The van der Waals surface area contributed by atoms with Crippen molar-refractivity contribution in [1.29, 1.82) is 0 Å². The Balaban J connectivity index is 2.31. The van der Waals surface area contributed by atoms with E-state index in [9.17, 15) is 19.2 Å². The van der Waals surface area contributed by atoms with Crippen LogP contribution in [0.15, 0.2) is 12.1 Å². The van der Waals surface area contributed by atoms with E-state index in [1.54, 1.807) is 0 Å². The first-order valence-electron chi connectivity index (χ1n) is 15.7. The summed E-state index contributed by atoms with van der Waals surface area (Å²) in [5, 5.41) is -1.51. The van der Waals surface area contributed by atoms with E-state index < -0.39 is 46.5 Å². The number of hydrogen-bond donors (Lipinski definition) is 0. The van der Waals surface area contributed by atoms with Crippen molar-refractivity contribution in [2.45, 2.75) is 80.1 Å². The van der Waals surface area contributed by atoms with Crippen LogP contribution in [0.5, 0.6) is 11.5 Å². The molecule has 0 amide bonds. The highest BCUT2D eigenvalue weighted by Crippen LogP contribution is 2.42. The lowest BCUT2D eigenvalue weighted by atomic mass is 9.92. The Bertz CT molecular complexity index is 1360. The largest absolute Gasteiger partial charge is 0.462 e. The lowest BCUT2D eigenvalue weighted by Crippen LogP contribution is -2.27. The third-order valence-corrected chi connectivity index (χ3v) is 10.1. The van der Waals surface area contributed by atoms with Crippen LogP contribution in [0, 0.1) is 23.7 Å². The highest BCUT2D eigenvalue weighted by atomic mass is 35.5. The fourth-order valence-corrected chi connectivity index (χ4v) is 6.53. The second-order valence-corrected chi connectivity index (χ2v) is 14.1. The summed E-state index contributed by atoms with van der Waals surface area (Å²) < 4.78 is 21.3. The van der Waals surface area contributed by atoms with Crippen LogP contribution in [0.2, 0.25) is 30.1 Å². The summed E-state index contributed by atoms with van der Waals surface area (Å²) in [5.74, 6) is -5.48. The predicted molar refractivity (Wildman–Crippen MR) is 190 cm³/mol. The molecule has 0 spiro atoms. The molecule has 2 aromatic carbocycles. The minimum absolute atomic E-state index is 0.0119. The van der Waals surface area contributed by atoms with Crippen molar-refractivity contribution in [3.05, 3.63) is 53.4 Å². The molecule has 48 heavy (non-hydrogen) atoms. The molecule has 2 rings (SSSR count).